The zero-order chi connectivity index (χ0) is 17.1. The smallest absolute Gasteiger partial charge is 0.238 e. The van der Waals surface area contributed by atoms with Crippen molar-refractivity contribution in [3.8, 4) is 11.1 Å². The van der Waals surface area contributed by atoms with E-state index in [9.17, 15) is 9.59 Å². The van der Waals surface area contributed by atoms with E-state index < -0.39 is 0 Å². The van der Waals surface area contributed by atoms with Crippen LogP contribution < -0.4 is 10.6 Å². The average molecular weight is 330 g/mol. The molecule has 1 heterocycles. The predicted octanol–water partition coefficient (Wildman–Crippen LogP) is 3.25. The van der Waals surface area contributed by atoms with E-state index >= 15 is 0 Å². The van der Waals surface area contributed by atoms with E-state index in [0.29, 0.717) is 5.69 Å². The zero-order valence-electron chi connectivity index (χ0n) is 13.6. The quantitative estimate of drug-likeness (QED) is 0.522. The van der Waals surface area contributed by atoms with Crippen molar-refractivity contribution in [2.75, 3.05) is 10.6 Å². The number of nitrogens with zero attached hydrogens (tertiary/aromatic N) is 1. The Labute approximate surface area is 145 Å². The lowest BCUT2D eigenvalue weighted by atomic mass is 9.85. The Morgan fingerprint density at radius 1 is 0.760 bits per heavy atom. The van der Waals surface area contributed by atoms with Crippen LogP contribution in [0, 0.1) is 23.7 Å². The molecule has 4 unspecified atom stereocenters. The highest BCUT2D eigenvalue weighted by atomic mass is 16.2. The number of fused-ring (bicyclic) bond motifs is 5. The van der Waals surface area contributed by atoms with E-state index in [1.807, 2.05) is 48.5 Å². The first kappa shape index (κ1) is 14.5. The van der Waals surface area contributed by atoms with Gasteiger partial charge in [-0.1, -0.05) is 36.4 Å². The van der Waals surface area contributed by atoms with Gasteiger partial charge in [-0.25, -0.2) is 0 Å². The fourth-order valence-corrected chi connectivity index (χ4v) is 4.64. The molecule has 0 spiro atoms. The number of benzene rings is 2. The molecule has 2 fully saturated rings. The summed E-state index contributed by atoms with van der Waals surface area (Å²) in [5, 5.41) is 0. The Bertz CT molecular complexity index is 868. The van der Waals surface area contributed by atoms with Crippen molar-refractivity contribution >= 4 is 23.2 Å². The molecule has 2 N–H and O–H groups in total. The van der Waals surface area contributed by atoms with Crippen LogP contribution in [0.15, 0.2) is 60.7 Å². The summed E-state index contributed by atoms with van der Waals surface area (Å²) in [7, 11) is 0. The Hall–Kier alpha value is -2.88. The molecule has 4 atom stereocenters. The van der Waals surface area contributed by atoms with Crippen molar-refractivity contribution in [1.29, 1.82) is 0 Å². The second-order valence-corrected chi connectivity index (χ2v) is 7.18. The van der Waals surface area contributed by atoms with Gasteiger partial charge in [0.15, 0.2) is 0 Å². The van der Waals surface area contributed by atoms with Crippen molar-refractivity contribution in [3.05, 3.63) is 60.7 Å². The number of hydrogen-bond donors (Lipinski definition) is 1. The van der Waals surface area contributed by atoms with Gasteiger partial charge in [-0.05, 0) is 53.6 Å². The van der Waals surface area contributed by atoms with E-state index in [1.165, 1.54) is 4.90 Å². The van der Waals surface area contributed by atoms with Crippen LogP contribution in [0.25, 0.3) is 11.1 Å². The van der Waals surface area contributed by atoms with Gasteiger partial charge < -0.3 is 5.73 Å². The minimum absolute atomic E-state index is 0.0351. The molecule has 124 valence electrons. The summed E-state index contributed by atoms with van der Waals surface area (Å²) in [5.41, 5.74) is 9.21. The van der Waals surface area contributed by atoms with Crippen molar-refractivity contribution in [1.82, 2.24) is 0 Å². The standard InChI is InChI=1S/C21H18N2O2/c22-16-7-3-12(4-8-16)13-5-9-17(10-6-13)23-20(24)18-14-1-2-15(11-14)19(18)21(23)25/h1-10,14-15,18-19H,11,22H2. The molecule has 25 heavy (non-hydrogen) atoms. The normalized spacial score (nSPS) is 29.5. The number of hydrogen-bond acceptors (Lipinski definition) is 3. The average Bonchev–Trinajstić information content (AvgIpc) is 3.30. The largest absolute Gasteiger partial charge is 0.399 e. The van der Waals surface area contributed by atoms with Crippen molar-refractivity contribution in [2.24, 2.45) is 23.7 Å². The molecule has 4 heteroatoms. The molecule has 2 bridgehead atoms. The van der Waals surface area contributed by atoms with Gasteiger partial charge in [0.2, 0.25) is 11.8 Å². The highest BCUT2D eigenvalue weighted by Gasteiger charge is 2.59. The lowest BCUT2D eigenvalue weighted by molar-refractivity contribution is -0.123. The summed E-state index contributed by atoms with van der Waals surface area (Å²) in [5.74, 6) is 0.105. The third-order valence-electron chi connectivity index (χ3n) is 5.84. The molecule has 0 radical (unpaired) electrons. The van der Waals surface area contributed by atoms with Crippen LogP contribution in [-0.2, 0) is 9.59 Å². The van der Waals surface area contributed by atoms with Gasteiger partial charge in [0.05, 0.1) is 17.5 Å². The number of amides is 2. The van der Waals surface area contributed by atoms with Crippen LogP contribution in [0.1, 0.15) is 6.42 Å². The van der Waals surface area contributed by atoms with Crippen LogP contribution in [-0.4, -0.2) is 11.8 Å². The molecular weight excluding hydrogens is 312 g/mol. The molecule has 3 aliphatic rings. The van der Waals surface area contributed by atoms with Crippen LogP contribution in [0.4, 0.5) is 11.4 Å². The van der Waals surface area contributed by atoms with Crippen molar-refractivity contribution in [3.63, 3.8) is 0 Å². The lowest BCUT2D eigenvalue weighted by Crippen LogP contribution is -2.32. The van der Waals surface area contributed by atoms with Gasteiger partial charge in [-0.2, -0.15) is 0 Å². The molecule has 1 saturated carbocycles. The molecule has 1 saturated heterocycles. The minimum atomic E-state index is -0.153. The fraction of sp³-hybridized carbons (Fsp3) is 0.238. The molecule has 1 aliphatic heterocycles. The maximum absolute atomic E-state index is 12.8. The number of imide groups is 1. The predicted molar refractivity (Wildman–Crippen MR) is 96.5 cm³/mol. The maximum atomic E-state index is 12.8. The first-order chi connectivity index (χ1) is 12.1. The molecule has 2 aromatic carbocycles. The Morgan fingerprint density at radius 2 is 1.24 bits per heavy atom. The van der Waals surface area contributed by atoms with Gasteiger partial charge in [-0.15, -0.1) is 0 Å². The number of nitrogens with two attached hydrogens (primary N) is 1. The van der Waals surface area contributed by atoms with Gasteiger partial charge in [0.1, 0.15) is 0 Å². The Balaban J connectivity index is 1.45. The van der Waals surface area contributed by atoms with Crippen LogP contribution >= 0.6 is 0 Å². The first-order valence-corrected chi connectivity index (χ1v) is 8.65. The van der Waals surface area contributed by atoms with E-state index in [4.69, 9.17) is 5.73 Å². The highest BCUT2D eigenvalue weighted by Crippen LogP contribution is 2.53. The van der Waals surface area contributed by atoms with E-state index in [0.717, 1.165) is 23.2 Å². The second-order valence-electron chi connectivity index (χ2n) is 7.18. The molecule has 2 aromatic rings. The van der Waals surface area contributed by atoms with Gasteiger partial charge >= 0.3 is 0 Å². The number of nitrogen functional groups attached to an aromatic ring is 1. The molecule has 2 amide bonds. The maximum Gasteiger partial charge on any atom is 0.238 e. The second kappa shape index (κ2) is 5.06. The molecule has 5 rings (SSSR count). The van der Waals surface area contributed by atoms with E-state index in [2.05, 4.69) is 12.2 Å². The van der Waals surface area contributed by atoms with E-state index in [-0.39, 0.29) is 35.5 Å². The molecule has 0 aromatic heterocycles. The van der Waals surface area contributed by atoms with Crippen LogP contribution in [0.2, 0.25) is 0 Å². The molecular formula is C21H18N2O2. The van der Waals surface area contributed by atoms with Crippen LogP contribution in [0.5, 0.6) is 0 Å². The lowest BCUT2D eigenvalue weighted by Gasteiger charge is -2.17. The number of carbonyl (C=O) groups excluding carboxylic acids is 2. The SMILES string of the molecule is Nc1ccc(-c2ccc(N3C(=O)C4C5C=CC(C5)C4C3=O)cc2)cc1. The topological polar surface area (TPSA) is 63.4 Å². The van der Waals surface area contributed by atoms with Crippen molar-refractivity contribution < 1.29 is 9.59 Å². The van der Waals surface area contributed by atoms with E-state index in [1.54, 1.807) is 0 Å². The number of carbonyl (C=O) groups is 2. The van der Waals surface area contributed by atoms with Crippen molar-refractivity contribution in [2.45, 2.75) is 6.42 Å². The third kappa shape index (κ3) is 2.00. The Morgan fingerprint density at radius 3 is 1.76 bits per heavy atom. The summed E-state index contributed by atoms with van der Waals surface area (Å²) in [6.45, 7) is 0. The van der Waals surface area contributed by atoms with Gasteiger partial charge in [0.25, 0.3) is 0 Å². The van der Waals surface area contributed by atoms with Gasteiger partial charge in [-0.3, -0.25) is 14.5 Å². The summed E-state index contributed by atoms with van der Waals surface area (Å²) in [6, 6.07) is 15.3. The monoisotopic (exact) mass is 330 g/mol. The minimum Gasteiger partial charge on any atom is -0.399 e. The molecule has 4 nitrogen and oxygen atoms in total. The highest BCUT2D eigenvalue weighted by molar-refractivity contribution is 6.22. The van der Waals surface area contributed by atoms with Crippen LogP contribution in [0.3, 0.4) is 0 Å². The summed E-state index contributed by atoms with van der Waals surface area (Å²) >= 11 is 0. The molecule has 2 aliphatic carbocycles. The number of allylic oxidation sites excluding steroid dienone is 2. The summed E-state index contributed by atoms with van der Waals surface area (Å²) in [6.07, 6.45) is 5.19. The Kier molecular flexibility index (Phi) is 2.93. The summed E-state index contributed by atoms with van der Waals surface area (Å²) in [4.78, 5) is 27.1. The number of anilines is 2. The zero-order valence-corrected chi connectivity index (χ0v) is 13.6. The fourth-order valence-electron chi connectivity index (χ4n) is 4.64. The van der Waals surface area contributed by atoms with Gasteiger partial charge in [0, 0.05) is 5.69 Å². The third-order valence-corrected chi connectivity index (χ3v) is 5.84. The first-order valence-electron chi connectivity index (χ1n) is 8.65. The number of rotatable bonds is 2. The summed E-state index contributed by atoms with van der Waals surface area (Å²) < 4.78 is 0.